The molecule has 1 aromatic carbocycles. The molecule has 1 unspecified atom stereocenters. The van der Waals surface area contributed by atoms with Crippen LogP contribution in [0, 0.1) is 5.82 Å². The van der Waals surface area contributed by atoms with Crippen molar-refractivity contribution < 1.29 is 9.13 Å². The maximum absolute atomic E-state index is 13.7. The van der Waals surface area contributed by atoms with Gasteiger partial charge in [0.25, 0.3) is 0 Å². The average molecular weight is 259 g/mol. The van der Waals surface area contributed by atoms with Gasteiger partial charge in [-0.25, -0.2) is 14.4 Å². The van der Waals surface area contributed by atoms with Gasteiger partial charge in [0.1, 0.15) is 11.6 Å². The van der Waals surface area contributed by atoms with E-state index in [1.165, 1.54) is 6.07 Å². The first-order valence-electron chi connectivity index (χ1n) is 6.23. The van der Waals surface area contributed by atoms with Crippen molar-refractivity contribution in [3.05, 3.63) is 48.2 Å². The highest BCUT2D eigenvalue weighted by atomic mass is 19.1. The van der Waals surface area contributed by atoms with E-state index in [2.05, 4.69) is 15.3 Å². The van der Waals surface area contributed by atoms with Crippen molar-refractivity contribution in [1.82, 2.24) is 15.3 Å². The van der Waals surface area contributed by atoms with E-state index in [0.717, 1.165) is 6.54 Å². The number of nitrogens with one attached hydrogen (secondary N) is 1. The van der Waals surface area contributed by atoms with Crippen LogP contribution in [-0.2, 0) is 4.74 Å². The van der Waals surface area contributed by atoms with Gasteiger partial charge in [0.2, 0.25) is 0 Å². The van der Waals surface area contributed by atoms with Crippen molar-refractivity contribution in [3.63, 3.8) is 0 Å². The number of benzene rings is 1. The van der Waals surface area contributed by atoms with Crippen LogP contribution in [0.2, 0.25) is 0 Å². The minimum Gasteiger partial charge on any atom is -0.378 e. The highest BCUT2D eigenvalue weighted by Crippen LogP contribution is 2.21. The summed E-state index contributed by atoms with van der Waals surface area (Å²) in [5.74, 6) is 0.362. The summed E-state index contributed by atoms with van der Waals surface area (Å²) in [6.45, 7) is 2.02. The lowest BCUT2D eigenvalue weighted by Crippen LogP contribution is -2.35. The summed E-state index contributed by atoms with van der Waals surface area (Å²) < 4.78 is 19.1. The molecule has 0 bridgehead atoms. The van der Waals surface area contributed by atoms with Crippen molar-refractivity contribution in [2.75, 3.05) is 19.8 Å². The van der Waals surface area contributed by atoms with Crippen LogP contribution in [0.1, 0.15) is 11.9 Å². The third-order valence-corrected chi connectivity index (χ3v) is 3.06. The Morgan fingerprint density at radius 1 is 1.26 bits per heavy atom. The van der Waals surface area contributed by atoms with Crippen LogP contribution in [0.25, 0.3) is 11.3 Å². The second-order valence-corrected chi connectivity index (χ2v) is 4.36. The second kappa shape index (κ2) is 5.42. The van der Waals surface area contributed by atoms with E-state index in [9.17, 15) is 4.39 Å². The summed E-state index contributed by atoms with van der Waals surface area (Å²) in [7, 11) is 0. The van der Waals surface area contributed by atoms with Crippen molar-refractivity contribution in [3.8, 4) is 11.3 Å². The van der Waals surface area contributed by atoms with Gasteiger partial charge in [0.05, 0.1) is 24.9 Å². The fourth-order valence-corrected chi connectivity index (χ4v) is 2.09. The molecule has 3 rings (SSSR count). The van der Waals surface area contributed by atoms with Crippen molar-refractivity contribution in [2.45, 2.75) is 6.04 Å². The maximum Gasteiger partial charge on any atom is 0.148 e. The number of morpholine rings is 1. The molecule has 1 atom stereocenters. The largest absolute Gasteiger partial charge is 0.378 e. The molecule has 2 heterocycles. The standard InChI is InChI=1S/C14H14FN3O/c15-11-4-2-1-3-10(11)12-5-6-17-14(18-12)13-9-19-8-7-16-13/h1-6,13,16H,7-9H2. The second-order valence-electron chi connectivity index (χ2n) is 4.36. The van der Waals surface area contributed by atoms with Gasteiger partial charge in [-0.1, -0.05) is 12.1 Å². The summed E-state index contributed by atoms with van der Waals surface area (Å²) >= 11 is 0. The van der Waals surface area contributed by atoms with Crippen molar-refractivity contribution in [1.29, 1.82) is 0 Å². The van der Waals surface area contributed by atoms with Crippen LogP contribution in [-0.4, -0.2) is 29.7 Å². The molecule has 4 nitrogen and oxygen atoms in total. The fourth-order valence-electron chi connectivity index (χ4n) is 2.09. The zero-order chi connectivity index (χ0) is 13.1. The highest BCUT2D eigenvalue weighted by Gasteiger charge is 2.18. The summed E-state index contributed by atoms with van der Waals surface area (Å²) in [5.41, 5.74) is 1.08. The van der Waals surface area contributed by atoms with Crippen LogP contribution >= 0.6 is 0 Å². The summed E-state index contributed by atoms with van der Waals surface area (Å²) in [5, 5.41) is 3.28. The van der Waals surface area contributed by atoms with Gasteiger partial charge < -0.3 is 10.1 Å². The Bertz CT molecular complexity index is 570. The van der Waals surface area contributed by atoms with Crippen LogP contribution in [0.15, 0.2) is 36.5 Å². The molecule has 0 spiro atoms. The van der Waals surface area contributed by atoms with Crippen LogP contribution < -0.4 is 5.32 Å². The van der Waals surface area contributed by atoms with Crippen LogP contribution in [0.4, 0.5) is 4.39 Å². The number of rotatable bonds is 2. The molecular formula is C14H14FN3O. The van der Waals surface area contributed by atoms with Crippen molar-refractivity contribution >= 4 is 0 Å². The Labute approximate surface area is 110 Å². The Morgan fingerprint density at radius 3 is 2.95 bits per heavy atom. The van der Waals surface area contributed by atoms with E-state index >= 15 is 0 Å². The van der Waals surface area contributed by atoms with Gasteiger partial charge in [0, 0.05) is 18.3 Å². The molecule has 19 heavy (non-hydrogen) atoms. The quantitative estimate of drug-likeness (QED) is 0.895. The van der Waals surface area contributed by atoms with Gasteiger partial charge in [-0.2, -0.15) is 0 Å². The van der Waals surface area contributed by atoms with Gasteiger partial charge in [-0.3, -0.25) is 0 Å². The minimum atomic E-state index is -0.278. The number of hydrogen-bond acceptors (Lipinski definition) is 4. The smallest absolute Gasteiger partial charge is 0.148 e. The van der Waals surface area contributed by atoms with E-state index in [4.69, 9.17) is 4.74 Å². The predicted octanol–water partition coefficient (Wildman–Crippen LogP) is 1.94. The first-order chi connectivity index (χ1) is 9.34. The van der Waals surface area contributed by atoms with Crippen molar-refractivity contribution in [2.24, 2.45) is 0 Å². The Balaban J connectivity index is 1.93. The summed E-state index contributed by atoms with van der Waals surface area (Å²) in [6, 6.07) is 8.29. The van der Waals surface area contributed by atoms with E-state index in [1.54, 1.807) is 30.5 Å². The molecule has 5 heteroatoms. The van der Waals surface area contributed by atoms with Gasteiger partial charge in [-0.05, 0) is 18.2 Å². The third kappa shape index (κ3) is 2.62. The molecule has 98 valence electrons. The molecule has 0 aliphatic carbocycles. The highest BCUT2D eigenvalue weighted by molar-refractivity contribution is 5.59. The van der Waals surface area contributed by atoms with Gasteiger partial charge >= 0.3 is 0 Å². The van der Waals surface area contributed by atoms with E-state index in [-0.39, 0.29) is 11.9 Å². The zero-order valence-corrected chi connectivity index (χ0v) is 10.3. The maximum atomic E-state index is 13.7. The fraction of sp³-hybridized carbons (Fsp3) is 0.286. The average Bonchev–Trinajstić information content (AvgIpc) is 2.49. The lowest BCUT2D eigenvalue weighted by atomic mass is 10.1. The lowest BCUT2D eigenvalue weighted by molar-refractivity contribution is 0.0742. The molecular weight excluding hydrogens is 245 g/mol. The normalized spacial score (nSPS) is 19.3. The number of halogens is 1. The first-order valence-corrected chi connectivity index (χ1v) is 6.23. The summed E-state index contributed by atoms with van der Waals surface area (Å²) in [4.78, 5) is 8.68. The molecule has 1 fully saturated rings. The molecule has 0 radical (unpaired) electrons. The van der Waals surface area contributed by atoms with Crippen LogP contribution in [0.3, 0.4) is 0 Å². The molecule has 1 aliphatic heterocycles. The SMILES string of the molecule is Fc1ccccc1-c1ccnc(C2COCCN2)n1. The molecule has 1 saturated heterocycles. The van der Waals surface area contributed by atoms with Crippen LogP contribution in [0.5, 0.6) is 0 Å². The Kier molecular flexibility index (Phi) is 3.48. The number of aromatic nitrogens is 2. The Hall–Kier alpha value is -1.85. The third-order valence-electron chi connectivity index (χ3n) is 3.06. The predicted molar refractivity (Wildman–Crippen MR) is 69.0 cm³/mol. The molecule has 2 aromatic rings. The van der Waals surface area contributed by atoms with E-state index in [1.807, 2.05) is 0 Å². The topological polar surface area (TPSA) is 47.0 Å². The lowest BCUT2D eigenvalue weighted by Gasteiger charge is -2.22. The summed E-state index contributed by atoms with van der Waals surface area (Å²) in [6.07, 6.45) is 1.65. The van der Waals surface area contributed by atoms with Gasteiger partial charge in [-0.15, -0.1) is 0 Å². The first kappa shape index (κ1) is 12.2. The molecule has 1 aromatic heterocycles. The Morgan fingerprint density at radius 2 is 2.16 bits per heavy atom. The zero-order valence-electron chi connectivity index (χ0n) is 10.3. The van der Waals surface area contributed by atoms with E-state index < -0.39 is 0 Å². The molecule has 1 N–H and O–H groups in total. The number of ether oxygens (including phenoxy) is 1. The van der Waals surface area contributed by atoms with E-state index in [0.29, 0.717) is 30.3 Å². The monoisotopic (exact) mass is 259 g/mol. The molecule has 0 amide bonds. The number of nitrogens with zero attached hydrogens (tertiary/aromatic N) is 2. The minimum absolute atomic E-state index is 0.0273. The number of hydrogen-bond donors (Lipinski definition) is 1. The molecule has 1 aliphatic rings. The molecule has 0 saturated carbocycles. The van der Waals surface area contributed by atoms with Gasteiger partial charge in [0.15, 0.2) is 0 Å².